The van der Waals surface area contributed by atoms with Gasteiger partial charge in [0.15, 0.2) is 17.3 Å². The van der Waals surface area contributed by atoms with Crippen LogP contribution in [-0.4, -0.2) is 37.4 Å². The van der Waals surface area contributed by atoms with Crippen molar-refractivity contribution in [3.8, 4) is 28.6 Å². The lowest BCUT2D eigenvalue weighted by molar-refractivity contribution is -0.126. The van der Waals surface area contributed by atoms with Gasteiger partial charge in [-0.1, -0.05) is 5.16 Å². The Labute approximate surface area is 183 Å². The first-order valence-electron chi connectivity index (χ1n) is 10.2. The Morgan fingerprint density at radius 1 is 1.16 bits per heavy atom. The highest BCUT2D eigenvalue weighted by Gasteiger charge is 2.35. The Kier molecular flexibility index (Phi) is 5.14. The molecule has 3 aromatic rings. The minimum absolute atomic E-state index is 0.0816. The maximum atomic E-state index is 12.6. The third kappa shape index (κ3) is 3.84. The predicted octanol–water partition coefficient (Wildman–Crippen LogP) is 2.75. The van der Waals surface area contributed by atoms with Crippen LogP contribution in [0.3, 0.4) is 0 Å². The van der Waals surface area contributed by atoms with Crippen LogP contribution in [0.2, 0.25) is 0 Å². The highest BCUT2D eigenvalue weighted by Crippen LogP contribution is 2.36. The van der Waals surface area contributed by atoms with Crippen LogP contribution in [0, 0.1) is 5.92 Å². The summed E-state index contributed by atoms with van der Waals surface area (Å²) in [7, 11) is 1.59. The van der Waals surface area contributed by atoms with Gasteiger partial charge < -0.3 is 29.0 Å². The number of hydrogen-bond acceptors (Lipinski definition) is 7. The second-order valence-electron chi connectivity index (χ2n) is 7.57. The van der Waals surface area contributed by atoms with Gasteiger partial charge in [-0.2, -0.15) is 0 Å². The van der Waals surface area contributed by atoms with E-state index < -0.39 is 5.92 Å². The highest BCUT2D eigenvalue weighted by atomic mass is 16.7. The van der Waals surface area contributed by atoms with Crippen molar-refractivity contribution in [1.29, 1.82) is 0 Å². The molecule has 0 spiro atoms. The largest absolute Gasteiger partial charge is 0.497 e. The molecule has 2 amide bonds. The molecule has 1 atom stereocenters. The molecule has 164 valence electrons. The van der Waals surface area contributed by atoms with Crippen LogP contribution < -0.4 is 24.4 Å². The van der Waals surface area contributed by atoms with Gasteiger partial charge in [0.05, 0.1) is 19.6 Å². The predicted molar refractivity (Wildman–Crippen MR) is 113 cm³/mol. The van der Waals surface area contributed by atoms with E-state index in [0.29, 0.717) is 35.2 Å². The average Bonchev–Trinajstić information content (AvgIpc) is 3.56. The minimum atomic E-state index is -0.426. The van der Waals surface area contributed by atoms with Crippen molar-refractivity contribution >= 4 is 17.5 Å². The SMILES string of the molecule is COc1ccc(N2CC(C(=O)NCc3cc(-c4ccc5c(c4)OCO5)on3)CC2=O)cc1. The molecule has 1 unspecified atom stereocenters. The van der Waals surface area contributed by atoms with E-state index in [4.69, 9.17) is 18.7 Å². The zero-order valence-electron chi connectivity index (χ0n) is 17.4. The van der Waals surface area contributed by atoms with Gasteiger partial charge in [-0.05, 0) is 42.5 Å². The number of amides is 2. The number of ether oxygens (including phenoxy) is 3. The number of carbonyl (C=O) groups excluding carboxylic acids is 2. The van der Waals surface area contributed by atoms with E-state index >= 15 is 0 Å². The van der Waals surface area contributed by atoms with Crippen molar-refractivity contribution in [2.75, 3.05) is 25.3 Å². The molecule has 1 aromatic heterocycles. The second kappa shape index (κ2) is 8.26. The molecule has 1 saturated heterocycles. The zero-order chi connectivity index (χ0) is 22.1. The molecule has 3 heterocycles. The summed E-state index contributed by atoms with van der Waals surface area (Å²) in [6.45, 7) is 0.740. The second-order valence-corrected chi connectivity index (χ2v) is 7.57. The summed E-state index contributed by atoms with van der Waals surface area (Å²) in [5, 5.41) is 6.88. The van der Waals surface area contributed by atoms with E-state index in [9.17, 15) is 9.59 Å². The van der Waals surface area contributed by atoms with Crippen molar-refractivity contribution in [1.82, 2.24) is 10.5 Å². The van der Waals surface area contributed by atoms with E-state index in [1.165, 1.54) is 0 Å². The number of aromatic nitrogens is 1. The number of nitrogens with one attached hydrogen (secondary N) is 1. The molecule has 0 aliphatic carbocycles. The number of hydrogen-bond donors (Lipinski definition) is 1. The molecule has 2 aliphatic rings. The van der Waals surface area contributed by atoms with Gasteiger partial charge in [0, 0.05) is 30.3 Å². The number of methoxy groups -OCH3 is 1. The molecule has 5 rings (SSSR count). The van der Waals surface area contributed by atoms with Crippen molar-refractivity contribution in [3.63, 3.8) is 0 Å². The van der Waals surface area contributed by atoms with Gasteiger partial charge in [-0.3, -0.25) is 9.59 Å². The van der Waals surface area contributed by atoms with Crippen LogP contribution in [0.5, 0.6) is 17.2 Å². The van der Waals surface area contributed by atoms with E-state index in [0.717, 1.165) is 11.3 Å². The molecule has 0 bridgehead atoms. The Morgan fingerprint density at radius 2 is 1.97 bits per heavy atom. The first-order chi connectivity index (χ1) is 15.6. The van der Waals surface area contributed by atoms with Gasteiger partial charge in [-0.15, -0.1) is 0 Å². The fourth-order valence-corrected chi connectivity index (χ4v) is 3.80. The maximum Gasteiger partial charge on any atom is 0.231 e. The number of carbonyl (C=O) groups is 2. The third-order valence-corrected chi connectivity index (χ3v) is 5.54. The van der Waals surface area contributed by atoms with E-state index in [2.05, 4.69) is 10.5 Å². The van der Waals surface area contributed by atoms with Gasteiger partial charge >= 0.3 is 0 Å². The lowest BCUT2D eigenvalue weighted by Crippen LogP contribution is -2.32. The van der Waals surface area contributed by atoms with Crippen molar-refractivity contribution in [3.05, 3.63) is 54.2 Å². The summed E-state index contributed by atoms with van der Waals surface area (Å²) < 4.78 is 21.3. The topological polar surface area (TPSA) is 103 Å². The Morgan fingerprint density at radius 3 is 2.78 bits per heavy atom. The number of fused-ring (bicyclic) bond motifs is 1. The Hall–Kier alpha value is -4.01. The average molecular weight is 435 g/mol. The van der Waals surface area contributed by atoms with E-state index in [1.54, 1.807) is 30.2 Å². The number of benzene rings is 2. The van der Waals surface area contributed by atoms with E-state index in [-0.39, 0.29) is 31.6 Å². The fourth-order valence-electron chi connectivity index (χ4n) is 3.80. The molecule has 0 radical (unpaired) electrons. The van der Waals surface area contributed by atoms with Gasteiger partial charge in [-0.25, -0.2) is 0 Å². The smallest absolute Gasteiger partial charge is 0.231 e. The monoisotopic (exact) mass is 435 g/mol. The summed E-state index contributed by atoms with van der Waals surface area (Å²) in [5.41, 5.74) is 2.13. The van der Waals surface area contributed by atoms with Gasteiger partial charge in [0.25, 0.3) is 0 Å². The van der Waals surface area contributed by atoms with Gasteiger partial charge in [0.2, 0.25) is 18.6 Å². The standard InChI is InChI=1S/C23H21N3O6/c1-29-18-5-3-17(4-6-18)26-12-15(9-22(26)27)23(28)24-11-16-10-20(32-25-16)14-2-7-19-21(8-14)31-13-30-19/h2-8,10,15H,9,11-13H2,1H3,(H,24,28). The highest BCUT2D eigenvalue weighted by molar-refractivity contribution is 6.00. The molecular formula is C23H21N3O6. The van der Waals surface area contributed by atoms with Crippen molar-refractivity contribution < 1.29 is 28.3 Å². The Balaban J connectivity index is 1.19. The molecule has 0 saturated carbocycles. The molecule has 1 N–H and O–H groups in total. The lowest BCUT2D eigenvalue weighted by atomic mass is 10.1. The first kappa shape index (κ1) is 19.9. The number of rotatable bonds is 6. The van der Waals surface area contributed by atoms with Gasteiger partial charge in [0.1, 0.15) is 11.4 Å². The molecule has 9 nitrogen and oxygen atoms in total. The van der Waals surface area contributed by atoms with Crippen LogP contribution in [0.15, 0.2) is 53.1 Å². The molecule has 2 aliphatic heterocycles. The molecular weight excluding hydrogens is 414 g/mol. The van der Waals surface area contributed by atoms with E-state index in [1.807, 2.05) is 30.3 Å². The summed E-state index contributed by atoms with van der Waals surface area (Å²) in [4.78, 5) is 26.7. The minimum Gasteiger partial charge on any atom is -0.497 e. The normalized spacial score (nSPS) is 17.0. The third-order valence-electron chi connectivity index (χ3n) is 5.54. The van der Waals surface area contributed by atoms with Crippen molar-refractivity contribution in [2.24, 2.45) is 5.92 Å². The van der Waals surface area contributed by atoms with Crippen LogP contribution >= 0.6 is 0 Å². The summed E-state index contributed by atoms with van der Waals surface area (Å²) in [6, 6.07) is 14.5. The summed E-state index contributed by atoms with van der Waals surface area (Å²) in [6.07, 6.45) is 0.166. The van der Waals surface area contributed by atoms with Crippen molar-refractivity contribution in [2.45, 2.75) is 13.0 Å². The van der Waals surface area contributed by atoms with Crippen LogP contribution in [0.4, 0.5) is 5.69 Å². The number of nitrogens with zero attached hydrogens (tertiary/aromatic N) is 2. The number of anilines is 1. The maximum absolute atomic E-state index is 12.6. The van der Waals surface area contributed by atoms with Crippen LogP contribution in [-0.2, 0) is 16.1 Å². The van der Waals surface area contributed by atoms with Crippen LogP contribution in [0.25, 0.3) is 11.3 Å². The Bertz CT molecular complexity index is 1160. The van der Waals surface area contributed by atoms with Crippen LogP contribution in [0.1, 0.15) is 12.1 Å². The summed E-state index contributed by atoms with van der Waals surface area (Å²) in [5.74, 6) is 1.92. The quantitative estimate of drug-likeness (QED) is 0.635. The lowest BCUT2D eigenvalue weighted by Gasteiger charge is -2.17. The molecule has 1 fully saturated rings. The summed E-state index contributed by atoms with van der Waals surface area (Å²) >= 11 is 0. The first-order valence-corrected chi connectivity index (χ1v) is 10.2. The molecule has 32 heavy (non-hydrogen) atoms. The molecule has 9 heteroatoms. The molecule has 2 aromatic carbocycles. The fraction of sp³-hybridized carbons (Fsp3) is 0.261. The zero-order valence-corrected chi connectivity index (χ0v) is 17.4.